The van der Waals surface area contributed by atoms with E-state index in [4.69, 9.17) is 4.74 Å². The maximum absolute atomic E-state index is 13.5. The summed E-state index contributed by atoms with van der Waals surface area (Å²) >= 11 is 0. The predicted molar refractivity (Wildman–Crippen MR) is 94.0 cm³/mol. The normalized spacial score (nSPS) is 13.8. The average molecular weight is 415 g/mol. The van der Waals surface area contributed by atoms with Crippen molar-refractivity contribution in [2.45, 2.75) is 19.8 Å². The second-order valence-electron chi connectivity index (χ2n) is 6.32. The minimum Gasteiger partial charge on any atom is -0.456 e. The minimum atomic E-state index is -1.73. The third kappa shape index (κ3) is 6.19. The summed E-state index contributed by atoms with van der Waals surface area (Å²) in [5, 5.41) is 1.96. The summed E-state index contributed by atoms with van der Waals surface area (Å²) in [5.41, 5.74) is -0.593. The first-order chi connectivity index (χ1) is 13.7. The zero-order valence-corrected chi connectivity index (χ0v) is 15.7. The molecule has 1 aromatic carbocycles. The highest BCUT2D eigenvalue weighted by molar-refractivity contribution is 5.93. The van der Waals surface area contributed by atoms with E-state index in [9.17, 15) is 32.3 Å². The molecule has 1 aromatic rings. The average Bonchev–Trinajstić information content (AvgIpc) is 2.71. The van der Waals surface area contributed by atoms with Crippen LogP contribution in [0.3, 0.4) is 0 Å². The van der Waals surface area contributed by atoms with Gasteiger partial charge in [-0.2, -0.15) is 0 Å². The number of anilines is 1. The fourth-order valence-corrected chi connectivity index (χ4v) is 2.66. The topological polar surface area (TPSA) is 96.0 Å². The van der Waals surface area contributed by atoms with Gasteiger partial charge in [0.25, 0.3) is 5.91 Å². The molecule has 1 N–H and O–H groups in total. The Morgan fingerprint density at radius 2 is 1.59 bits per heavy atom. The predicted octanol–water partition coefficient (Wildman–Crippen LogP) is 1.06. The van der Waals surface area contributed by atoms with Gasteiger partial charge < -0.3 is 19.9 Å². The van der Waals surface area contributed by atoms with Crippen molar-refractivity contribution in [3.05, 3.63) is 29.6 Å². The van der Waals surface area contributed by atoms with Crippen LogP contribution in [0.15, 0.2) is 12.1 Å². The van der Waals surface area contributed by atoms with Crippen LogP contribution in [0.2, 0.25) is 0 Å². The number of halogens is 3. The molecule has 1 heterocycles. The van der Waals surface area contributed by atoms with Crippen molar-refractivity contribution in [2.75, 3.05) is 38.1 Å². The van der Waals surface area contributed by atoms with Crippen molar-refractivity contribution in [3.8, 4) is 0 Å². The van der Waals surface area contributed by atoms with E-state index >= 15 is 0 Å². The molecule has 0 saturated carbocycles. The number of nitrogens with zero attached hydrogens (tertiary/aromatic N) is 2. The molecular formula is C18H20F3N3O5. The number of hydrogen-bond acceptors (Lipinski definition) is 5. The summed E-state index contributed by atoms with van der Waals surface area (Å²) in [4.78, 5) is 49.8. The lowest BCUT2D eigenvalue weighted by atomic mass is 10.2. The van der Waals surface area contributed by atoms with E-state index in [2.05, 4.69) is 0 Å². The van der Waals surface area contributed by atoms with Crippen molar-refractivity contribution in [2.24, 2.45) is 0 Å². The number of ether oxygens (including phenoxy) is 1. The van der Waals surface area contributed by atoms with Gasteiger partial charge in [0.2, 0.25) is 11.8 Å². The van der Waals surface area contributed by atoms with Crippen LogP contribution < -0.4 is 5.32 Å². The lowest BCUT2D eigenvalue weighted by Crippen LogP contribution is -2.50. The van der Waals surface area contributed by atoms with Crippen molar-refractivity contribution in [1.82, 2.24) is 9.80 Å². The van der Waals surface area contributed by atoms with E-state index in [0.29, 0.717) is 32.2 Å². The van der Waals surface area contributed by atoms with Crippen LogP contribution in [0.1, 0.15) is 19.8 Å². The lowest BCUT2D eigenvalue weighted by Gasteiger charge is -2.34. The molecule has 1 aliphatic heterocycles. The smallest absolute Gasteiger partial charge is 0.306 e. The Kier molecular flexibility index (Phi) is 7.57. The molecule has 0 radical (unpaired) electrons. The van der Waals surface area contributed by atoms with Crippen molar-refractivity contribution in [1.29, 1.82) is 0 Å². The lowest BCUT2D eigenvalue weighted by molar-refractivity contribution is -0.149. The SMILES string of the molecule is CC(=O)N1CCN(C(=O)CCC(=O)OCC(=O)Nc2ccc(F)c(F)c2F)CC1. The first kappa shape index (κ1) is 22.2. The minimum absolute atomic E-state index is 0.0674. The van der Waals surface area contributed by atoms with Gasteiger partial charge in [-0.3, -0.25) is 19.2 Å². The van der Waals surface area contributed by atoms with Gasteiger partial charge in [0.15, 0.2) is 24.1 Å². The highest BCUT2D eigenvalue weighted by Gasteiger charge is 2.23. The summed E-state index contributed by atoms with van der Waals surface area (Å²) in [7, 11) is 0. The van der Waals surface area contributed by atoms with Gasteiger partial charge in [0, 0.05) is 39.5 Å². The number of carbonyl (C=O) groups excluding carboxylic acids is 4. The van der Waals surface area contributed by atoms with Crippen LogP contribution in [0.25, 0.3) is 0 Å². The van der Waals surface area contributed by atoms with Crippen LogP contribution in [-0.4, -0.2) is 66.3 Å². The molecule has 2 rings (SSSR count). The molecule has 8 nitrogen and oxygen atoms in total. The molecule has 158 valence electrons. The first-order valence-corrected chi connectivity index (χ1v) is 8.81. The molecule has 1 saturated heterocycles. The first-order valence-electron chi connectivity index (χ1n) is 8.81. The molecule has 0 bridgehead atoms. The number of rotatable bonds is 6. The molecule has 0 aromatic heterocycles. The summed E-state index contributed by atoms with van der Waals surface area (Å²) < 4.78 is 44.1. The van der Waals surface area contributed by atoms with Crippen molar-refractivity contribution < 1.29 is 37.1 Å². The fourth-order valence-electron chi connectivity index (χ4n) is 2.66. The van der Waals surface area contributed by atoms with Gasteiger partial charge in [-0.15, -0.1) is 0 Å². The zero-order chi connectivity index (χ0) is 21.6. The molecule has 0 aliphatic carbocycles. The Hall–Kier alpha value is -3.11. The number of benzene rings is 1. The summed E-state index contributed by atoms with van der Waals surface area (Å²) in [6.45, 7) is 2.26. The number of amides is 3. The monoisotopic (exact) mass is 415 g/mol. The fraction of sp³-hybridized carbons (Fsp3) is 0.444. The van der Waals surface area contributed by atoms with Crippen LogP contribution in [0.4, 0.5) is 18.9 Å². The van der Waals surface area contributed by atoms with Crippen LogP contribution >= 0.6 is 0 Å². The van der Waals surface area contributed by atoms with Crippen molar-refractivity contribution in [3.63, 3.8) is 0 Å². The van der Waals surface area contributed by atoms with Crippen LogP contribution in [0, 0.1) is 17.5 Å². The number of nitrogens with one attached hydrogen (secondary N) is 1. The summed E-state index contributed by atoms with van der Waals surface area (Å²) in [6, 6.07) is 1.47. The number of piperazine rings is 1. The summed E-state index contributed by atoms with van der Waals surface area (Å²) in [5.74, 6) is -6.82. The quantitative estimate of drug-likeness (QED) is 0.554. The number of carbonyl (C=O) groups is 4. The van der Waals surface area contributed by atoms with Gasteiger partial charge in [0.1, 0.15) is 0 Å². The van der Waals surface area contributed by atoms with Crippen LogP contribution in [-0.2, 0) is 23.9 Å². The third-order valence-corrected chi connectivity index (χ3v) is 4.29. The van der Waals surface area contributed by atoms with Gasteiger partial charge in [-0.25, -0.2) is 13.2 Å². The van der Waals surface area contributed by atoms with Gasteiger partial charge in [0.05, 0.1) is 12.1 Å². The molecular weight excluding hydrogens is 395 g/mol. The van der Waals surface area contributed by atoms with E-state index in [-0.39, 0.29) is 24.7 Å². The Morgan fingerprint density at radius 1 is 0.966 bits per heavy atom. The molecule has 1 aliphatic rings. The Labute approximate surface area is 164 Å². The number of hydrogen-bond donors (Lipinski definition) is 1. The largest absolute Gasteiger partial charge is 0.456 e. The van der Waals surface area contributed by atoms with Gasteiger partial charge in [-0.05, 0) is 12.1 Å². The molecule has 0 unspecified atom stereocenters. The molecule has 1 fully saturated rings. The maximum atomic E-state index is 13.5. The highest BCUT2D eigenvalue weighted by Crippen LogP contribution is 2.19. The second-order valence-corrected chi connectivity index (χ2v) is 6.32. The van der Waals surface area contributed by atoms with E-state index in [0.717, 1.165) is 6.07 Å². The van der Waals surface area contributed by atoms with Crippen molar-refractivity contribution >= 4 is 29.4 Å². The van der Waals surface area contributed by atoms with Gasteiger partial charge >= 0.3 is 5.97 Å². The van der Waals surface area contributed by atoms with E-state index in [1.54, 1.807) is 4.90 Å². The molecule has 0 spiro atoms. The maximum Gasteiger partial charge on any atom is 0.306 e. The Bertz CT molecular complexity index is 810. The standard InChI is InChI=1S/C18H20F3N3O5/c1-11(25)23-6-8-24(9-7-23)15(27)4-5-16(28)29-10-14(26)22-13-3-2-12(19)17(20)18(13)21/h2-3H,4-10H2,1H3,(H,22,26). The zero-order valence-electron chi connectivity index (χ0n) is 15.7. The Balaban J connectivity index is 1.70. The molecule has 29 heavy (non-hydrogen) atoms. The molecule has 3 amide bonds. The summed E-state index contributed by atoms with van der Waals surface area (Å²) in [6.07, 6.45) is -0.392. The molecule has 0 atom stereocenters. The molecule has 11 heteroatoms. The second kappa shape index (κ2) is 9.89. The Morgan fingerprint density at radius 3 is 2.21 bits per heavy atom. The van der Waals surface area contributed by atoms with E-state index in [1.807, 2.05) is 5.32 Å². The number of esters is 1. The highest BCUT2D eigenvalue weighted by atomic mass is 19.2. The van der Waals surface area contributed by atoms with E-state index in [1.165, 1.54) is 11.8 Å². The van der Waals surface area contributed by atoms with Gasteiger partial charge in [-0.1, -0.05) is 0 Å². The van der Waals surface area contributed by atoms with Crippen LogP contribution in [0.5, 0.6) is 0 Å². The van der Waals surface area contributed by atoms with E-state index < -0.39 is 41.6 Å². The third-order valence-electron chi connectivity index (χ3n) is 4.29.